The minimum Gasteiger partial charge on any atom is -0.408 e. The van der Waals surface area contributed by atoms with Crippen LogP contribution in [0.2, 0.25) is 0 Å². The first-order valence-corrected chi connectivity index (χ1v) is 8.63. The maximum atomic E-state index is 12.6. The smallest absolute Gasteiger partial charge is 0.408 e. The van der Waals surface area contributed by atoms with Crippen LogP contribution in [0.25, 0.3) is 11.1 Å². The molecule has 0 radical (unpaired) electrons. The van der Waals surface area contributed by atoms with Gasteiger partial charge in [-0.2, -0.15) is 0 Å². The zero-order chi connectivity index (χ0) is 17.2. The second-order valence-corrected chi connectivity index (χ2v) is 6.49. The highest BCUT2D eigenvalue weighted by atomic mass is 16.4. The molecule has 2 heterocycles. The first-order valence-electron chi connectivity index (χ1n) is 8.63. The van der Waals surface area contributed by atoms with E-state index in [1.54, 1.807) is 12.1 Å². The van der Waals surface area contributed by atoms with Gasteiger partial charge in [0.05, 0.1) is 5.52 Å². The van der Waals surface area contributed by atoms with Gasteiger partial charge in [-0.25, -0.2) is 4.79 Å². The minimum absolute atomic E-state index is 0.0276. The standard InChI is InChI=1S/C20H20N2O3/c23-19(14-22-17-8-4-5-9-18(17)25-20(22)24)21-12-10-16(11-13-21)15-6-2-1-3-7-15/h1-9,16H,10-14H2. The average Bonchev–Trinajstić information content (AvgIpc) is 2.98. The highest BCUT2D eigenvalue weighted by molar-refractivity contribution is 5.79. The fourth-order valence-electron chi connectivity index (χ4n) is 3.59. The molecule has 1 fully saturated rings. The number of piperidine rings is 1. The van der Waals surface area contributed by atoms with Crippen LogP contribution in [0.4, 0.5) is 0 Å². The van der Waals surface area contributed by atoms with E-state index in [0.717, 1.165) is 25.9 Å². The van der Waals surface area contributed by atoms with Gasteiger partial charge in [-0.05, 0) is 36.5 Å². The molecule has 25 heavy (non-hydrogen) atoms. The maximum absolute atomic E-state index is 12.6. The van der Waals surface area contributed by atoms with Gasteiger partial charge in [0, 0.05) is 13.1 Å². The van der Waals surface area contributed by atoms with Crippen molar-refractivity contribution in [3.63, 3.8) is 0 Å². The van der Waals surface area contributed by atoms with Gasteiger partial charge in [-0.15, -0.1) is 0 Å². The number of benzene rings is 2. The van der Waals surface area contributed by atoms with Gasteiger partial charge in [-0.3, -0.25) is 9.36 Å². The average molecular weight is 336 g/mol. The van der Waals surface area contributed by atoms with Crippen LogP contribution in [-0.4, -0.2) is 28.5 Å². The second kappa shape index (κ2) is 6.59. The van der Waals surface area contributed by atoms with Crippen LogP contribution in [0, 0.1) is 0 Å². The molecule has 0 bridgehead atoms. The zero-order valence-corrected chi connectivity index (χ0v) is 13.9. The van der Waals surface area contributed by atoms with E-state index in [4.69, 9.17) is 4.42 Å². The van der Waals surface area contributed by atoms with Crippen molar-refractivity contribution in [2.45, 2.75) is 25.3 Å². The third kappa shape index (κ3) is 3.09. The van der Waals surface area contributed by atoms with E-state index in [1.807, 2.05) is 23.1 Å². The molecule has 1 aliphatic heterocycles. The fourth-order valence-corrected chi connectivity index (χ4v) is 3.59. The van der Waals surface area contributed by atoms with Crippen molar-refractivity contribution >= 4 is 17.0 Å². The van der Waals surface area contributed by atoms with Gasteiger partial charge in [0.25, 0.3) is 0 Å². The number of hydrogen-bond donors (Lipinski definition) is 0. The topological polar surface area (TPSA) is 55.5 Å². The highest BCUT2D eigenvalue weighted by Crippen LogP contribution is 2.27. The predicted molar refractivity (Wildman–Crippen MR) is 95.5 cm³/mol. The molecule has 1 saturated heterocycles. The van der Waals surface area contributed by atoms with Gasteiger partial charge in [0.2, 0.25) is 5.91 Å². The number of carbonyl (C=O) groups excluding carboxylic acids is 1. The Labute approximate surface area is 145 Å². The zero-order valence-electron chi connectivity index (χ0n) is 13.9. The highest BCUT2D eigenvalue weighted by Gasteiger charge is 2.24. The van der Waals surface area contributed by atoms with E-state index in [2.05, 4.69) is 24.3 Å². The van der Waals surface area contributed by atoms with Gasteiger partial charge >= 0.3 is 5.76 Å². The number of fused-ring (bicyclic) bond motifs is 1. The van der Waals surface area contributed by atoms with Gasteiger partial charge in [0.1, 0.15) is 6.54 Å². The van der Waals surface area contributed by atoms with Crippen LogP contribution < -0.4 is 5.76 Å². The summed E-state index contributed by atoms with van der Waals surface area (Å²) in [6.45, 7) is 1.48. The molecule has 3 aromatic rings. The van der Waals surface area contributed by atoms with Crippen LogP contribution in [0.3, 0.4) is 0 Å². The van der Waals surface area contributed by atoms with Crippen molar-refractivity contribution in [2.24, 2.45) is 0 Å². The second-order valence-electron chi connectivity index (χ2n) is 6.49. The number of nitrogens with zero attached hydrogens (tertiary/aromatic N) is 2. The molecule has 0 atom stereocenters. The monoisotopic (exact) mass is 336 g/mol. The summed E-state index contributed by atoms with van der Waals surface area (Å²) in [5, 5.41) is 0. The van der Waals surface area contributed by atoms with Crippen molar-refractivity contribution < 1.29 is 9.21 Å². The summed E-state index contributed by atoms with van der Waals surface area (Å²) in [5.41, 5.74) is 2.52. The molecule has 2 aromatic carbocycles. The molecule has 0 saturated carbocycles. The Hall–Kier alpha value is -2.82. The van der Waals surface area contributed by atoms with Crippen molar-refractivity contribution in [3.8, 4) is 0 Å². The Morgan fingerprint density at radius 3 is 2.44 bits per heavy atom. The molecular formula is C20H20N2O3. The van der Waals surface area contributed by atoms with Crippen LogP contribution in [0.1, 0.15) is 24.3 Å². The molecular weight excluding hydrogens is 316 g/mol. The molecule has 4 rings (SSSR count). The number of likely N-dealkylation sites (tertiary alicyclic amines) is 1. The first kappa shape index (κ1) is 15.7. The van der Waals surface area contributed by atoms with Crippen LogP contribution in [-0.2, 0) is 11.3 Å². The van der Waals surface area contributed by atoms with Gasteiger partial charge < -0.3 is 9.32 Å². The van der Waals surface area contributed by atoms with Crippen molar-refractivity contribution in [2.75, 3.05) is 13.1 Å². The Bertz CT molecular complexity index is 934. The molecule has 5 nitrogen and oxygen atoms in total. The molecule has 0 spiro atoms. The van der Waals surface area contributed by atoms with E-state index in [1.165, 1.54) is 10.1 Å². The molecule has 0 aliphatic carbocycles. The van der Waals surface area contributed by atoms with E-state index in [9.17, 15) is 9.59 Å². The normalized spacial score (nSPS) is 15.6. The quantitative estimate of drug-likeness (QED) is 0.739. The number of oxazole rings is 1. The van der Waals surface area contributed by atoms with Crippen molar-refractivity contribution in [1.82, 2.24) is 9.47 Å². The Kier molecular flexibility index (Phi) is 4.14. The van der Waals surface area contributed by atoms with Crippen LogP contribution in [0.15, 0.2) is 63.8 Å². The summed E-state index contributed by atoms with van der Waals surface area (Å²) in [5.74, 6) is -0.00314. The van der Waals surface area contributed by atoms with Gasteiger partial charge in [0.15, 0.2) is 5.58 Å². The number of para-hydroxylation sites is 2. The van der Waals surface area contributed by atoms with Gasteiger partial charge in [-0.1, -0.05) is 42.5 Å². The number of aromatic nitrogens is 1. The molecule has 1 amide bonds. The lowest BCUT2D eigenvalue weighted by molar-refractivity contribution is -0.132. The van der Waals surface area contributed by atoms with E-state index in [0.29, 0.717) is 17.0 Å². The van der Waals surface area contributed by atoms with Crippen LogP contribution in [0.5, 0.6) is 0 Å². The summed E-state index contributed by atoms with van der Waals surface area (Å²) in [6, 6.07) is 17.6. The number of rotatable bonds is 3. The summed E-state index contributed by atoms with van der Waals surface area (Å²) in [4.78, 5) is 26.5. The molecule has 0 N–H and O–H groups in total. The number of hydrogen-bond acceptors (Lipinski definition) is 3. The number of amides is 1. The van der Waals surface area contributed by atoms with E-state index < -0.39 is 5.76 Å². The third-order valence-corrected chi connectivity index (χ3v) is 4.99. The minimum atomic E-state index is -0.478. The predicted octanol–water partition coefficient (Wildman–Crippen LogP) is 3.00. The van der Waals surface area contributed by atoms with E-state index in [-0.39, 0.29) is 12.5 Å². The lowest BCUT2D eigenvalue weighted by Crippen LogP contribution is -2.40. The number of carbonyl (C=O) groups is 1. The molecule has 1 aromatic heterocycles. The van der Waals surface area contributed by atoms with Crippen LogP contribution >= 0.6 is 0 Å². The lowest BCUT2D eigenvalue weighted by Gasteiger charge is -2.32. The Morgan fingerprint density at radius 1 is 1.00 bits per heavy atom. The summed E-state index contributed by atoms with van der Waals surface area (Å²) < 4.78 is 6.62. The lowest BCUT2D eigenvalue weighted by atomic mass is 9.89. The maximum Gasteiger partial charge on any atom is 0.420 e. The molecule has 0 unspecified atom stereocenters. The molecule has 5 heteroatoms. The fraction of sp³-hybridized carbons (Fsp3) is 0.300. The molecule has 128 valence electrons. The van der Waals surface area contributed by atoms with Crippen molar-refractivity contribution in [3.05, 3.63) is 70.7 Å². The third-order valence-electron chi connectivity index (χ3n) is 4.99. The SMILES string of the molecule is O=C(Cn1c(=O)oc2ccccc21)N1CCC(c2ccccc2)CC1. The first-order chi connectivity index (χ1) is 12.2. The van der Waals surface area contributed by atoms with E-state index >= 15 is 0 Å². The molecule has 1 aliphatic rings. The van der Waals surface area contributed by atoms with Crippen molar-refractivity contribution in [1.29, 1.82) is 0 Å². The Balaban J connectivity index is 1.44. The Morgan fingerprint density at radius 2 is 1.68 bits per heavy atom. The summed E-state index contributed by atoms with van der Waals surface area (Å²) >= 11 is 0. The summed E-state index contributed by atoms with van der Waals surface area (Å²) in [7, 11) is 0. The largest absolute Gasteiger partial charge is 0.420 e. The summed E-state index contributed by atoms with van der Waals surface area (Å²) in [6.07, 6.45) is 1.91.